The van der Waals surface area contributed by atoms with Crippen LogP contribution in [0.4, 0.5) is 4.39 Å². The largest absolute Gasteiger partial charge is 0.493 e. The lowest BCUT2D eigenvalue weighted by Gasteiger charge is -2.12. The summed E-state index contributed by atoms with van der Waals surface area (Å²) in [4.78, 5) is 10.8. The van der Waals surface area contributed by atoms with Crippen LogP contribution < -0.4 is 4.74 Å². The molecule has 0 radical (unpaired) electrons. The molecule has 0 amide bonds. The molecule has 0 aliphatic heterocycles. The van der Waals surface area contributed by atoms with Crippen molar-refractivity contribution in [3.63, 3.8) is 0 Å². The molecule has 0 bridgehead atoms. The summed E-state index contributed by atoms with van der Waals surface area (Å²) in [5.74, 6) is -0.306. The SMILES string of the molecule is Cc1cc(C(=O)O)cc(C)c1OCCCF. The highest BCUT2D eigenvalue weighted by atomic mass is 19.1. The number of carbonyl (C=O) groups is 1. The molecule has 0 unspecified atom stereocenters. The number of carboxylic acid groups (broad SMARTS) is 1. The Labute approximate surface area is 93.9 Å². The van der Waals surface area contributed by atoms with Crippen LogP contribution in [0.1, 0.15) is 27.9 Å². The average molecular weight is 226 g/mol. The number of ether oxygens (including phenoxy) is 1. The maximum absolute atomic E-state index is 11.9. The van der Waals surface area contributed by atoms with Gasteiger partial charge < -0.3 is 9.84 Å². The van der Waals surface area contributed by atoms with Gasteiger partial charge in [-0.3, -0.25) is 4.39 Å². The van der Waals surface area contributed by atoms with Gasteiger partial charge >= 0.3 is 5.97 Å². The van der Waals surface area contributed by atoms with Crippen molar-refractivity contribution in [2.45, 2.75) is 20.3 Å². The third kappa shape index (κ3) is 2.95. The number of aromatic carboxylic acids is 1. The molecule has 0 aromatic heterocycles. The van der Waals surface area contributed by atoms with Crippen molar-refractivity contribution in [3.8, 4) is 5.75 Å². The zero-order valence-corrected chi connectivity index (χ0v) is 9.42. The summed E-state index contributed by atoms with van der Waals surface area (Å²) < 4.78 is 17.3. The van der Waals surface area contributed by atoms with Crippen molar-refractivity contribution >= 4 is 5.97 Å². The molecule has 0 aliphatic carbocycles. The van der Waals surface area contributed by atoms with Gasteiger partial charge in [0.25, 0.3) is 0 Å². The van der Waals surface area contributed by atoms with Crippen LogP contribution in [0.25, 0.3) is 0 Å². The Bertz CT molecular complexity index is 365. The van der Waals surface area contributed by atoms with Gasteiger partial charge in [-0.15, -0.1) is 0 Å². The first-order valence-corrected chi connectivity index (χ1v) is 5.09. The third-order valence-electron chi connectivity index (χ3n) is 2.23. The van der Waals surface area contributed by atoms with Crippen LogP contribution in [-0.2, 0) is 0 Å². The van der Waals surface area contributed by atoms with Crippen LogP contribution in [-0.4, -0.2) is 24.4 Å². The predicted molar refractivity (Wildman–Crippen MR) is 59.0 cm³/mol. The summed E-state index contributed by atoms with van der Waals surface area (Å²) in [5, 5.41) is 8.85. The Morgan fingerprint density at radius 3 is 2.38 bits per heavy atom. The first-order valence-electron chi connectivity index (χ1n) is 5.09. The number of aryl methyl sites for hydroxylation is 2. The monoisotopic (exact) mass is 226 g/mol. The lowest BCUT2D eigenvalue weighted by molar-refractivity contribution is 0.0696. The second-order valence-electron chi connectivity index (χ2n) is 3.64. The van der Waals surface area contributed by atoms with Crippen LogP contribution in [0.2, 0.25) is 0 Å². The second-order valence-corrected chi connectivity index (χ2v) is 3.64. The van der Waals surface area contributed by atoms with Crippen molar-refractivity contribution < 1.29 is 19.0 Å². The van der Waals surface area contributed by atoms with Gasteiger partial charge in [0.05, 0.1) is 18.8 Å². The summed E-state index contributed by atoms with van der Waals surface area (Å²) in [7, 11) is 0. The predicted octanol–water partition coefficient (Wildman–Crippen LogP) is 2.74. The van der Waals surface area contributed by atoms with Crippen molar-refractivity contribution in [1.29, 1.82) is 0 Å². The van der Waals surface area contributed by atoms with E-state index in [4.69, 9.17) is 9.84 Å². The zero-order valence-electron chi connectivity index (χ0n) is 9.42. The Balaban J connectivity index is 2.89. The number of carboxylic acids is 1. The number of benzene rings is 1. The van der Waals surface area contributed by atoms with Crippen molar-refractivity contribution in [2.24, 2.45) is 0 Å². The minimum absolute atomic E-state index is 0.243. The molecule has 1 N–H and O–H groups in total. The smallest absolute Gasteiger partial charge is 0.335 e. The van der Waals surface area contributed by atoms with E-state index in [1.807, 2.05) is 0 Å². The van der Waals surface area contributed by atoms with Gasteiger partial charge in [-0.05, 0) is 37.1 Å². The molecule has 1 aromatic carbocycles. The van der Waals surface area contributed by atoms with Crippen LogP contribution >= 0.6 is 0 Å². The topological polar surface area (TPSA) is 46.5 Å². The van der Waals surface area contributed by atoms with Gasteiger partial charge in [0, 0.05) is 6.42 Å². The lowest BCUT2D eigenvalue weighted by Crippen LogP contribution is -2.04. The first-order chi connectivity index (χ1) is 7.56. The maximum Gasteiger partial charge on any atom is 0.335 e. The molecule has 0 spiro atoms. The Morgan fingerprint density at radius 2 is 1.94 bits per heavy atom. The molecule has 3 nitrogen and oxygen atoms in total. The van der Waals surface area contributed by atoms with Crippen LogP contribution in [0.3, 0.4) is 0 Å². The van der Waals surface area contributed by atoms with Gasteiger partial charge in [-0.25, -0.2) is 4.79 Å². The molecule has 1 aromatic rings. The zero-order chi connectivity index (χ0) is 12.1. The van der Waals surface area contributed by atoms with E-state index >= 15 is 0 Å². The lowest BCUT2D eigenvalue weighted by atomic mass is 10.1. The minimum atomic E-state index is -0.957. The van der Waals surface area contributed by atoms with Gasteiger partial charge in [0.15, 0.2) is 0 Å². The number of hydrogen-bond acceptors (Lipinski definition) is 2. The van der Waals surface area contributed by atoms with E-state index in [-0.39, 0.29) is 5.56 Å². The molecule has 0 saturated heterocycles. The van der Waals surface area contributed by atoms with E-state index in [9.17, 15) is 9.18 Å². The summed E-state index contributed by atoms with van der Waals surface area (Å²) in [6.07, 6.45) is 0.347. The Kier molecular flexibility index (Phi) is 4.28. The third-order valence-corrected chi connectivity index (χ3v) is 2.23. The second kappa shape index (κ2) is 5.49. The fourth-order valence-corrected chi connectivity index (χ4v) is 1.53. The van der Waals surface area contributed by atoms with Crippen LogP contribution in [0.5, 0.6) is 5.75 Å². The molecular weight excluding hydrogens is 211 g/mol. The summed E-state index contributed by atoms with van der Waals surface area (Å²) in [6.45, 7) is 3.46. The number of alkyl halides is 1. The first kappa shape index (κ1) is 12.5. The molecule has 16 heavy (non-hydrogen) atoms. The van der Waals surface area contributed by atoms with Crippen molar-refractivity contribution in [1.82, 2.24) is 0 Å². The van der Waals surface area contributed by atoms with Gasteiger partial charge in [0.1, 0.15) is 5.75 Å². The molecule has 0 saturated carbocycles. The van der Waals surface area contributed by atoms with Gasteiger partial charge in [0.2, 0.25) is 0 Å². The van der Waals surface area contributed by atoms with E-state index in [2.05, 4.69) is 0 Å². The molecule has 0 aliphatic rings. The van der Waals surface area contributed by atoms with Crippen molar-refractivity contribution in [2.75, 3.05) is 13.3 Å². The van der Waals surface area contributed by atoms with E-state index in [1.165, 1.54) is 0 Å². The van der Waals surface area contributed by atoms with E-state index < -0.39 is 12.6 Å². The number of hydrogen-bond donors (Lipinski definition) is 1. The van der Waals surface area contributed by atoms with Crippen molar-refractivity contribution in [3.05, 3.63) is 28.8 Å². The van der Waals surface area contributed by atoms with Crippen LogP contribution in [0.15, 0.2) is 12.1 Å². The molecule has 1 rings (SSSR count). The van der Waals surface area contributed by atoms with E-state index in [0.717, 1.165) is 11.1 Å². The van der Waals surface area contributed by atoms with E-state index in [0.29, 0.717) is 18.8 Å². The summed E-state index contributed by atoms with van der Waals surface area (Å²) in [5.41, 5.74) is 1.76. The Hall–Kier alpha value is -1.58. The number of rotatable bonds is 5. The minimum Gasteiger partial charge on any atom is -0.493 e. The van der Waals surface area contributed by atoms with Crippen LogP contribution in [0, 0.1) is 13.8 Å². The molecular formula is C12H15FO3. The standard InChI is InChI=1S/C12H15FO3/c1-8-6-10(12(14)15)7-9(2)11(8)16-5-3-4-13/h6-7H,3-5H2,1-2H3,(H,14,15). The van der Waals surface area contributed by atoms with E-state index in [1.54, 1.807) is 26.0 Å². The molecule has 4 heteroatoms. The average Bonchev–Trinajstić information content (AvgIpc) is 2.21. The highest BCUT2D eigenvalue weighted by Gasteiger charge is 2.10. The normalized spacial score (nSPS) is 10.2. The van der Waals surface area contributed by atoms with Gasteiger partial charge in [-0.1, -0.05) is 0 Å². The molecule has 88 valence electrons. The quantitative estimate of drug-likeness (QED) is 0.785. The fraction of sp³-hybridized carbons (Fsp3) is 0.417. The number of halogens is 1. The fourth-order valence-electron chi connectivity index (χ4n) is 1.53. The molecule has 0 atom stereocenters. The summed E-state index contributed by atoms with van der Waals surface area (Å²) in [6, 6.07) is 3.11. The highest BCUT2D eigenvalue weighted by Crippen LogP contribution is 2.24. The Morgan fingerprint density at radius 1 is 1.38 bits per heavy atom. The highest BCUT2D eigenvalue weighted by molar-refractivity contribution is 5.88. The van der Waals surface area contributed by atoms with Gasteiger partial charge in [-0.2, -0.15) is 0 Å². The molecule has 0 heterocycles. The molecule has 0 fully saturated rings. The maximum atomic E-state index is 11.9. The summed E-state index contributed by atoms with van der Waals surface area (Å²) >= 11 is 0.